The molecule has 0 fully saturated rings. The maximum Gasteiger partial charge on any atom is 0.325 e. The highest BCUT2D eigenvalue weighted by Gasteiger charge is 2.26. The van der Waals surface area contributed by atoms with Gasteiger partial charge in [-0.15, -0.1) is 0 Å². The lowest BCUT2D eigenvalue weighted by molar-refractivity contribution is -0.144. The van der Waals surface area contributed by atoms with Gasteiger partial charge in [0, 0.05) is 17.1 Å². The van der Waals surface area contributed by atoms with Gasteiger partial charge in [-0.1, -0.05) is 32.0 Å². The number of aromatic nitrogens is 1. The number of aromatic amines is 1. The van der Waals surface area contributed by atoms with Crippen molar-refractivity contribution in [2.45, 2.75) is 39.8 Å². The minimum Gasteiger partial charge on any atom is -0.468 e. The van der Waals surface area contributed by atoms with Crippen LogP contribution in [0.2, 0.25) is 0 Å². The summed E-state index contributed by atoms with van der Waals surface area (Å²) in [5.41, 5.74) is 2.54. The third-order valence-electron chi connectivity index (χ3n) is 4.36. The van der Waals surface area contributed by atoms with Crippen molar-refractivity contribution in [1.29, 1.82) is 0 Å². The maximum absolute atomic E-state index is 11.9. The van der Waals surface area contributed by atoms with Gasteiger partial charge >= 0.3 is 11.9 Å². The third-order valence-corrected chi connectivity index (χ3v) is 4.36. The minimum absolute atomic E-state index is 0.0512. The van der Waals surface area contributed by atoms with Crippen molar-refractivity contribution in [2.24, 2.45) is 5.92 Å². The fraction of sp³-hybridized carbons (Fsp3) is 0.476. The molecule has 0 spiro atoms. The third kappa shape index (κ3) is 7.57. The van der Waals surface area contributed by atoms with E-state index < -0.39 is 24.0 Å². The molecular formula is C21H31N3O5. The van der Waals surface area contributed by atoms with E-state index in [1.165, 1.54) is 30.7 Å². The van der Waals surface area contributed by atoms with Crippen molar-refractivity contribution in [3.63, 3.8) is 0 Å². The predicted octanol–water partition coefficient (Wildman–Crippen LogP) is 1.93. The van der Waals surface area contributed by atoms with Gasteiger partial charge in [-0.3, -0.25) is 19.7 Å². The lowest BCUT2D eigenvalue weighted by Crippen LogP contribution is -2.53. The van der Waals surface area contributed by atoms with Crippen LogP contribution in [0, 0.1) is 12.8 Å². The number of fused-ring (bicyclic) bond motifs is 1. The van der Waals surface area contributed by atoms with E-state index in [4.69, 9.17) is 0 Å². The van der Waals surface area contributed by atoms with Crippen LogP contribution in [-0.4, -0.2) is 55.7 Å². The molecule has 1 aromatic heterocycles. The van der Waals surface area contributed by atoms with Gasteiger partial charge in [0.05, 0.1) is 20.3 Å². The maximum atomic E-state index is 11.9. The first-order chi connectivity index (χ1) is 13.7. The van der Waals surface area contributed by atoms with Gasteiger partial charge in [-0.25, -0.2) is 0 Å². The van der Waals surface area contributed by atoms with E-state index in [1.54, 1.807) is 6.92 Å². The van der Waals surface area contributed by atoms with E-state index in [0.717, 1.165) is 0 Å². The van der Waals surface area contributed by atoms with Gasteiger partial charge in [-0.2, -0.15) is 0 Å². The molecule has 0 saturated carbocycles. The average Bonchev–Trinajstić information content (AvgIpc) is 3.10. The summed E-state index contributed by atoms with van der Waals surface area (Å²) in [5, 5.41) is 6.64. The lowest BCUT2D eigenvalue weighted by atomic mass is 10.0. The second-order valence-electron chi connectivity index (χ2n) is 6.94. The first kappa shape index (κ1) is 24.2. The van der Waals surface area contributed by atoms with Crippen LogP contribution in [0.15, 0.2) is 30.5 Å². The number of amides is 1. The summed E-state index contributed by atoms with van der Waals surface area (Å²) < 4.78 is 9.01. The molecule has 0 aliphatic heterocycles. The van der Waals surface area contributed by atoms with Gasteiger partial charge in [0.25, 0.3) is 0 Å². The van der Waals surface area contributed by atoms with E-state index >= 15 is 0 Å². The van der Waals surface area contributed by atoms with Crippen LogP contribution in [0.1, 0.15) is 26.3 Å². The number of benzene rings is 1. The molecule has 29 heavy (non-hydrogen) atoms. The molecule has 1 aromatic carbocycles. The smallest absolute Gasteiger partial charge is 0.325 e. The van der Waals surface area contributed by atoms with Crippen molar-refractivity contribution in [2.75, 3.05) is 20.8 Å². The van der Waals surface area contributed by atoms with Crippen LogP contribution in [0.3, 0.4) is 0 Å². The fourth-order valence-corrected chi connectivity index (χ4v) is 2.64. The molecule has 2 rings (SSSR count). The summed E-state index contributed by atoms with van der Waals surface area (Å²) >= 11 is 0. The van der Waals surface area contributed by atoms with E-state index in [-0.39, 0.29) is 18.4 Å². The Balaban J connectivity index is 0.000000345. The number of nitrogens with one attached hydrogen (secondary N) is 3. The summed E-state index contributed by atoms with van der Waals surface area (Å²) in [7, 11) is 2.52. The second kappa shape index (κ2) is 11.9. The number of ether oxygens (including phenoxy) is 2. The van der Waals surface area contributed by atoms with E-state index in [1.807, 2.05) is 26.1 Å². The van der Waals surface area contributed by atoms with E-state index in [9.17, 15) is 14.4 Å². The molecule has 1 amide bonds. The molecule has 160 valence electrons. The molecule has 2 atom stereocenters. The molecule has 0 saturated heterocycles. The normalized spacial score (nSPS) is 12.5. The lowest BCUT2D eigenvalue weighted by Gasteiger charge is -2.24. The molecule has 2 unspecified atom stereocenters. The zero-order valence-electron chi connectivity index (χ0n) is 17.9. The quantitative estimate of drug-likeness (QED) is 0.607. The van der Waals surface area contributed by atoms with Crippen LogP contribution < -0.4 is 10.6 Å². The van der Waals surface area contributed by atoms with Gasteiger partial charge < -0.3 is 19.8 Å². The molecule has 2 aromatic rings. The monoisotopic (exact) mass is 405 g/mol. The Morgan fingerprint density at radius 2 is 1.72 bits per heavy atom. The highest BCUT2D eigenvalue weighted by molar-refractivity contribution is 5.86. The number of carbonyl (C=O) groups is 3. The molecule has 0 radical (unpaired) electrons. The van der Waals surface area contributed by atoms with Gasteiger partial charge in [0.1, 0.15) is 12.6 Å². The van der Waals surface area contributed by atoms with Crippen molar-refractivity contribution >= 4 is 28.7 Å². The Morgan fingerprint density at radius 3 is 2.28 bits per heavy atom. The number of carbonyl (C=O) groups excluding carboxylic acids is 3. The number of H-pyrrole nitrogens is 1. The Kier molecular flexibility index (Phi) is 9.88. The summed E-state index contributed by atoms with van der Waals surface area (Å²) in [6, 6.07) is 7.10. The zero-order valence-corrected chi connectivity index (χ0v) is 17.9. The summed E-state index contributed by atoms with van der Waals surface area (Å²) in [6.07, 6.45) is 2.03. The Bertz CT molecular complexity index is 816. The van der Waals surface area contributed by atoms with Crippen LogP contribution in [-0.2, 0) is 23.9 Å². The highest BCUT2D eigenvalue weighted by Crippen LogP contribution is 2.15. The van der Waals surface area contributed by atoms with Crippen LogP contribution in [0.4, 0.5) is 0 Å². The first-order valence-corrected chi connectivity index (χ1v) is 9.42. The number of para-hydroxylation sites is 1. The zero-order chi connectivity index (χ0) is 22.0. The van der Waals surface area contributed by atoms with Gasteiger partial charge in [0.2, 0.25) is 5.91 Å². The number of rotatable bonds is 7. The summed E-state index contributed by atoms with van der Waals surface area (Å²) in [5.74, 6) is -1.40. The summed E-state index contributed by atoms with van der Waals surface area (Å²) in [6.45, 7) is 7.18. The van der Waals surface area contributed by atoms with Gasteiger partial charge in [0.15, 0.2) is 0 Å². The minimum atomic E-state index is -0.610. The number of esters is 2. The number of methoxy groups -OCH3 is 2. The topological polar surface area (TPSA) is 110 Å². The Labute approximate surface area is 171 Å². The molecule has 0 bridgehead atoms. The van der Waals surface area contributed by atoms with Crippen molar-refractivity contribution in [3.8, 4) is 0 Å². The number of aryl methyl sites for hydroxylation is 1. The molecule has 3 N–H and O–H groups in total. The fourth-order valence-electron chi connectivity index (χ4n) is 2.64. The summed E-state index contributed by atoms with van der Waals surface area (Å²) in [4.78, 5) is 37.4. The standard InChI is InChI=1S/C12H22N2O5.C9H9N/c1-7(2)10(14-8(3)12(17)19-5)11(16)13-6-9(15)18-4;1-7-6-10-9-5-3-2-4-8(7)9/h7-8,10,14H,6H2,1-5H3,(H,13,16);2-6,10H,1H3. The van der Waals surface area contributed by atoms with E-state index in [0.29, 0.717) is 0 Å². The molecule has 0 aliphatic carbocycles. The van der Waals surface area contributed by atoms with Crippen LogP contribution in [0.25, 0.3) is 10.9 Å². The van der Waals surface area contributed by atoms with E-state index in [2.05, 4.69) is 50.2 Å². The SMILES string of the molecule is COC(=O)CNC(=O)C(NC(C)C(=O)OC)C(C)C.Cc1c[nH]c2ccccc12. The molecular weight excluding hydrogens is 374 g/mol. The largest absolute Gasteiger partial charge is 0.468 e. The highest BCUT2D eigenvalue weighted by atomic mass is 16.5. The molecule has 8 nitrogen and oxygen atoms in total. The molecule has 0 aliphatic rings. The number of hydrogen-bond donors (Lipinski definition) is 3. The predicted molar refractivity (Wildman–Crippen MR) is 111 cm³/mol. The van der Waals surface area contributed by atoms with Crippen LogP contribution in [0.5, 0.6) is 0 Å². The Morgan fingerprint density at radius 1 is 1.07 bits per heavy atom. The van der Waals surface area contributed by atoms with Gasteiger partial charge in [-0.05, 0) is 31.4 Å². The second-order valence-corrected chi connectivity index (χ2v) is 6.94. The van der Waals surface area contributed by atoms with Crippen LogP contribution >= 0.6 is 0 Å². The van der Waals surface area contributed by atoms with Crippen molar-refractivity contribution < 1.29 is 23.9 Å². The first-order valence-electron chi connectivity index (χ1n) is 9.42. The van der Waals surface area contributed by atoms with Crippen molar-refractivity contribution in [1.82, 2.24) is 15.6 Å². The number of hydrogen-bond acceptors (Lipinski definition) is 6. The average molecular weight is 405 g/mol. The molecule has 8 heteroatoms. The Hall–Kier alpha value is -2.87. The molecule has 1 heterocycles. The van der Waals surface area contributed by atoms with Crippen molar-refractivity contribution in [3.05, 3.63) is 36.0 Å².